The Labute approximate surface area is 236 Å². The number of halogens is 3. The van der Waals surface area contributed by atoms with Crippen molar-refractivity contribution in [3.63, 3.8) is 0 Å². The normalized spacial score (nSPS) is 11.8. The molecule has 0 fully saturated rings. The molecule has 4 rings (SSSR count). The monoisotopic (exact) mass is 564 g/mol. The van der Waals surface area contributed by atoms with Crippen LogP contribution in [0.3, 0.4) is 0 Å². The number of benzene rings is 3. The van der Waals surface area contributed by atoms with Crippen LogP contribution in [0.2, 0.25) is 0 Å². The number of carbonyl (C=O) groups is 2. The van der Waals surface area contributed by atoms with Gasteiger partial charge in [-0.05, 0) is 67.1 Å². The van der Waals surface area contributed by atoms with E-state index in [1.54, 1.807) is 23.6 Å². The van der Waals surface area contributed by atoms with Gasteiger partial charge >= 0.3 is 0 Å². The number of aryl methyl sites for hydroxylation is 1. The lowest BCUT2D eigenvalue weighted by Crippen LogP contribution is -2.13. The van der Waals surface area contributed by atoms with Crippen molar-refractivity contribution in [2.24, 2.45) is 0 Å². The molecule has 1 unspecified atom stereocenters. The van der Waals surface area contributed by atoms with Crippen molar-refractivity contribution in [3.05, 3.63) is 106 Å². The molecular formula is C32H31F3N2O2S. The highest BCUT2D eigenvalue weighted by atomic mass is 32.1. The molecule has 0 aliphatic heterocycles. The summed E-state index contributed by atoms with van der Waals surface area (Å²) in [5.74, 6) is -2.22. The first kappa shape index (κ1) is 29.2. The first-order chi connectivity index (χ1) is 19.3. The van der Waals surface area contributed by atoms with Gasteiger partial charge in [-0.3, -0.25) is 9.59 Å². The van der Waals surface area contributed by atoms with Gasteiger partial charge in [0.05, 0.1) is 5.01 Å². The van der Waals surface area contributed by atoms with Crippen molar-refractivity contribution in [1.29, 1.82) is 0 Å². The van der Waals surface area contributed by atoms with Crippen LogP contribution in [0, 0.1) is 17.5 Å². The van der Waals surface area contributed by atoms with Gasteiger partial charge in [0.1, 0.15) is 17.3 Å². The summed E-state index contributed by atoms with van der Waals surface area (Å²) in [6, 6.07) is 17.2. The first-order valence-corrected chi connectivity index (χ1v) is 14.3. The van der Waals surface area contributed by atoms with Crippen molar-refractivity contribution in [2.75, 3.05) is 5.32 Å². The standard InChI is InChI=1S/C32H31F3N2O2S/c1-2-6-23(7-5-8-25(38)17-11-21-12-18-27(34)28(35)19-21)32-37-30(20-40-32)31(39)36-29-10-4-3-9-26(29)22-13-15-24(33)16-14-22/h3-4,9-10,12-16,18-20,23H,2,5-8,11,17H2,1H3,(H,36,39). The van der Waals surface area contributed by atoms with E-state index in [1.807, 2.05) is 18.2 Å². The number of para-hydroxylation sites is 1. The predicted octanol–water partition coefficient (Wildman–Crippen LogP) is 8.74. The second-order valence-electron chi connectivity index (χ2n) is 9.74. The fourth-order valence-electron chi connectivity index (χ4n) is 4.63. The molecule has 208 valence electrons. The van der Waals surface area contributed by atoms with Crippen molar-refractivity contribution in [1.82, 2.24) is 4.98 Å². The molecule has 1 aromatic heterocycles. The lowest BCUT2D eigenvalue weighted by Gasteiger charge is -2.13. The van der Waals surface area contributed by atoms with Crippen molar-refractivity contribution >= 4 is 28.7 Å². The summed E-state index contributed by atoms with van der Waals surface area (Å²) < 4.78 is 39.9. The molecule has 0 aliphatic rings. The van der Waals surface area contributed by atoms with Gasteiger partial charge < -0.3 is 5.32 Å². The Morgan fingerprint density at radius 3 is 2.45 bits per heavy atom. The van der Waals surface area contributed by atoms with E-state index in [0.29, 0.717) is 36.2 Å². The number of carbonyl (C=O) groups excluding carboxylic acids is 2. The Bertz CT molecular complexity index is 1450. The Kier molecular flexibility index (Phi) is 10.2. The quantitative estimate of drug-likeness (QED) is 0.177. The highest BCUT2D eigenvalue weighted by Crippen LogP contribution is 2.31. The summed E-state index contributed by atoms with van der Waals surface area (Å²) >= 11 is 1.44. The molecule has 1 N–H and O–H groups in total. The number of Topliss-reactive ketones (excluding diaryl/α,β-unsaturated/α-hetero) is 1. The zero-order valence-electron chi connectivity index (χ0n) is 22.3. The molecule has 0 saturated carbocycles. The van der Waals surface area contributed by atoms with E-state index in [4.69, 9.17) is 0 Å². The number of rotatable bonds is 13. The number of amides is 1. The molecule has 1 atom stereocenters. The lowest BCUT2D eigenvalue weighted by atomic mass is 9.96. The lowest BCUT2D eigenvalue weighted by molar-refractivity contribution is -0.119. The maximum Gasteiger partial charge on any atom is 0.275 e. The van der Waals surface area contributed by atoms with Gasteiger partial charge in [0.25, 0.3) is 5.91 Å². The molecule has 0 radical (unpaired) electrons. The molecular weight excluding hydrogens is 533 g/mol. The number of anilines is 1. The van der Waals surface area contributed by atoms with Gasteiger partial charge in [0.2, 0.25) is 0 Å². The summed E-state index contributed by atoms with van der Waals surface area (Å²) in [6.07, 6.45) is 4.36. The SMILES string of the molecule is CCCC(CCCC(=O)CCc1ccc(F)c(F)c1)c1nc(C(=O)Nc2ccccc2-c2ccc(F)cc2)cs1. The Balaban J connectivity index is 1.33. The highest BCUT2D eigenvalue weighted by Gasteiger charge is 2.19. The smallest absolute Gasteiger partial charge is 0.275 e. The molecule has 4 nitrogen and oxygen atoms in total. The van der Waals surface area contributed by atoms with E-state index < -0.39 is 11.6 Å². The molecule has 0 aliphatic carbocycles. The summed E-state index contributed by atoms with van der Waals surface area (Å²) in [5, 5.41) is 5.56. The minimum Gasteiger partial charge on any atom is -0.320 e. The fourth-order valence-corrected chi connectivity index (χ4v) is 5.60. The number of thiazole rings is 1. The van der Waals surface area contributed by atoms with E-state index in [-0.39, 0.29) is 29.8 Å². The highest BCUT2D eigenvalue weighted by molar-refractivity contribution is 7.10. The van der Waals surface area contributed by atoms with Gasteiger partial charge in [-0.1, -0.05) is 49.7 Å². The second kappa shape index (κ2) is 14.0. The average Bonchev–Trinajstić information content (AvgIpc) is 3.45. The number of ketones is 1. The topological polar surface area (TPSA) is 59.1 Å². The summed E-state index contributed by atoms with van der Waals surface area (Å²) in [5.41, 5.74) is 3.12. The van der Waals surface area contributed by atoms with Crippen LogP contribution in [0.5, 0.6) is 0 Å². The van der Waals surface area contributed by atoms with E-state index >= 15 is 0 Å². The molecule has 0 spiro atoms. The van der Waals surface area contributed by atoms with Crippen molar-refractivity contribution < 1.29 is 22.8 Å². The molecule has 1 amide bonds. The molecule has 8 heteroatoms. The van der Waals surface area contributed by atoms with Crippen LogP contribution in [-0.2, 0) is 11.2 Å². The van der Waals surface area contributed by atoms with Crippen molar-refractivity contribution in [2.45, 2.75) is 57.8 Å². The van der Waals surface area contributed by atoms with Gasteiger partial charge in [0, 0.05) is 35.4 Å². The van der Waals surface area contributed by atoms with Gasteiger partial charge in [-0.15, -0.1) is 11.3 Å². The van der Waals surface area contributed by atoms with Crippen LogP contribution in [0.15, 0.2) is 72.1 Å². The average molecular weight is 565 g/mol. The second-order valence-corrected chi connectivity index (χ2v) is 10.6. The van der Waals surface area contributed by atoms with Gasteiger partial charge in [-0.25, -0.2) is 18.2 Å². The fraction of sp³-hybridized carbons (Fsp3) is 0.281. The van der Waals surface area contributed by atoms with E-state index in [2.05, 4.69) is 17.2 Å². The maximum atomic E-state index is 13.4. The minimum atomic E-state index is -0.902. The van der Waals surface area contributed by atoms with Gasteiger partial charge in [0.15, 0.2) is 11.6 Å². The van der Waals surface area contributed by atoms with Crippen LogP contribution >= 0.6 is 11.3 Å². The largest absolute Gasteiger partial charge is 0.320 e. The third kappa shape index (κ3) is 7.88. The molecule has 1 heterocycles. The van der Waals surface area contributed by atoms with Crippen LogP contribution in [0.25, 0.3) is 11.1 Å². The van der Waals surface area contributed by atoms with Crippen molar-refractivity contribution in [3.8, 4) is 11.1 Å². The van der Waals surface area contributed by atoms with E-state index in [9.17, 15) is 22.8 Å². The zero-order valence-corrected chi connectivity index (χ0v) is 23.1. The number of hydrogen-bond donors (Lipinski definition) is 1. The number of aromatic nitrogens is 1. The Morgan fingerprint density at radius 1 is 0.925 bits per heavy atom. The number of hydrogen-bond acceptors (Lipinski definition) is 4. The van der Waals surface area contributed by atoms with Crippen LogP contribution in [-0.4, -0.2) is 16.7 Å². The predicted molar refractivity (Wildman–Crippen MR) is 153 cm³/mol. The maximum absolute atomic E-state index is 13.4. The third-order valence-electron chi connectivity index (χ3n) is 6.76. The molecule has 3 aromatic carbocycles. The number of nitrogens with zero attached hydrogens (tertiary/aromatic N) is 1. The summed E-state index contributed by atoms with van der Waals surface area (Å²) in [4.78, 5) is 30.1. The van der Waals surface area contributed by atoms with E-state index in [0.717, 1.165) is 47.5 Å². The summed E-state index contributed by atoms with van der Waals surface area (Å²) in [7, 11) is 0. The Morgan fingerprint density at radius 2 is 1.70 bits per heavy atom. The molecule has 0 bridgehead atoms. The minimum absolute atomic E-state index is 0.0824. The van der Waals surface area contributed by atoms with Crippen LogP contribution in [0.4, 0.5) is 18.9 Å². The number of nitrogens with one attached hydrogen (secondary N) is 1. The van der Waals surface area contributed by atoms with E-state index in [1.165, 1.54) is 29.5 Å². The Hall–Kier alpha value is -3.78. The third-order valence-corrected chi connectivity index (χ3v) is 7.76. The molecule has 0 saturated heterocycles. The molecule has 40 heavy (non-hydrogen) atoms. The van der Waals surface area contributed by atoms with Crippen LogP contribution in [0.1, 0.15) is 72.4 Å². The first-order valence-electron chi connectivity index (χ1n) is 13.4. The molecule has 4 aromatic rings. The summed E-state index contributed by atoms with van der Waals surface area (Å²) in [6.45, 7) is 2.09. The zero-order chi connectivity index (χ0) is 28.5. The van der Waals surface area contributed by atoms with Crippen LogP contribution < -0.4 is 5.32 Å². The van der Waals surface area contributed by atoms with Gasteiger partial charge in [-0.2, -0.15) is 0 Å².